The second-order valence-corrected chi connectivity index (χ2v) is 6.03. The normalized spacial score (nSPS) is 24.9. The quantitative estimate of drug-likeness (QED) is 0.680. The van der Waals surface area contributed by atoms with E-state index in [0.29, 0.717) is 18.5 Å². The van der Waals surface area contributed by atoms with Crippen LogP contribution in [0.4, 0.5) is 4.79 Å². The molecule has 2 rings (SSSR count). The molecule has 2 unspecified atom stereocenters. The molecule has 1 aliphatic heterocycles. The maximum Gasteiger partial charge on any atom is 0.315 e. The Hall–Kier alpha value is -1.30. The molecule has 0 aromatic heterocycles. The fraction of sp³-hybridized carbons (Fsp3) is 0.857. The van der Waals surface area contributed by atoms with E-state index in [4.69, 9.17) is 5.11 Å². The number of nitrogens with one attached hydrogen (secondary N) is 2. The standard InChI is InChI=1S/C14H25N3O3/c1-17-7-3-2-4-11(17)9-15-14(20)16-12(8-13(18)19)10-5-6-10/h10-12H,2-9H2,1H3,(H,18,19)(H2,15,16,20). The fourth-order valence-corrected chi connectivity index (χ4v) is 2.85. The summed E-state index contributed by atoms with van der Waals surface area (Å²) in [6, 6.07) is -0.0629. The molecule has 1 aliphatic carbocycles. The van der Waals surface area contributed by atoms with Gasteiger partial charge in [0.15, 0.2) is 0 Å². The van der Waals surface area contributed by atoms with E-state index in [0.717, 1.165) is 25.8 Å². The number of amides is 2. The Labute approximate surface area is 119 Å². The summed E-state index contributed by atoms with van der Waals surface area (Å²) in [6.45, 7) is 1.71. The molecule has 1 heterocycles. The first-order valence-corrected chi connectivity index (χ1v) is 7.52. The number of nitrogens with zero attached hydrogens (tertiary/aromatic N) is 1. The minimum Gasteiger partial charge on any atom is -0.481 e. The van der Waals surface area contributed by atoms with Crippen LogP contribution in [0.3, 0.4) is 0 Å². The first-order valence-electron chi connectivity index (χ1n) is 7.52. The zero-order chi connectivity index (χ0) is 14.5. The summed E-state index contributed by atoms with van der Waals surface area (Å²) in [4.78, 5) is 25.0. The van der Waals surface area contributed by atoms with Crippen LogP contribution < -0.4 is 10.6 Å². The molecule has 1 saturated carbocycles. The molecule has 1 saturated heterocycles. The van der Waals surface area contributed by atoms with Gasteiger partial charge in [-0.3, -0.25) is 4.79 Å². The zero-order valence-electron chi connectivity index (χ0n) is 12.1. The number of carboxylic acid groups (broad SMARTS) is 1. The third-order valence-electron chi connectivity index (χ3n) is 4.32. The molecule has 0 radical (unpaired) electrons. The highest BCUT2D eigenvalue weighted by atomic mass is 16.4. The summed E-state index contributed by atoms with van der Waals surface area (Å²) < 4.78 is 0. The maximum atomic E-state index is 11.9. The van der Waals surface area contributed by atoms with Gasteiger partial charge in [0.2, 0.25) is 0 Å². The smallest absolute Gasteiger partial charge is 0.315 e. The highest BCUT2D eigenvalue weighted by molar-refractivity contribution is 5.75. The monoisotopic (exact) mass is 283 g/mol. The minimum atomic E-state index is -0.853. The lowest BCUT2D eigenvalue weighted by molar-refractivity contribution is -0.137. The van der Waals surface area contributed by atoms with Crippen LogP contribution >= 0.6 is 0 Å². The van der Waals surface area contributed by atoms with Crippen molar-refractivity contribution in [2.45, 2.75) is 50.6 Å². The first-order chi connectivity index (χ1) is 9.56. The van der Waals surface area contributed by atoms with Crippen LogP contribution in [-0.2, 0) is 4.79 Å². The third-order valence-corrected chi connectivity index (χ3v) is 4.32. The summed E-state index contributed by atoms with van der Waals surface area (Å²) >= 11 is 0. The van der Waals surface area contributed by atoms with Crippen LogP contribution in [-0.4, -0.2) is 54.2 Å². The van der Waals surface area contributed by atoms with E-state index in [-0.39, 0.29) is 18.5 Å². The van der Waals surface area contributed by atoms with Crippen molar-refractivity contribution in [2.75, 3.05) is 20.1 Å². The molecule has 3 N–H and O–H groups in total. The van der Waals surface area contributed by atoms with Crippen molar-refractivity contribution in [3.8, 4) is 0 Å². The van der Waals surface area contributed by atoms with Crippen LogP contribution in [0.1, 0.15) is 38.5 Å². The molecule has 0 aromatic rings. The minimum absolute atomic E-state index is 0.0153. The number of carbonyl (C=O) groups excluding carboxylic acids is 1. The summed E-state index contributed by atoms with van der Waals surface area (Å²) in [5.74, 6) is -0.511. The van der Waals surface area contributed by atoms with Gasteiger partial charge in [-0.05, 0) is 45.2 Å². The van der Waals surface area contributed by atoms with Crippen molar-refractivity contribution in [3.05, 3.63) is 0 Å². The van der Waals surface area contributed by atoms with E-state index in [2.05, 4.69) is 22.6 Å². The Morgan fingerprint density at radius 2 is 2.05 bits per heavy atom. The molecule has 20 heavy (non-hydrogen) atoms. The maximum absolute atomic E-state index is 11.9. The third kappa shape index (κ3) is 4.67. The van der Waals surface area contributed by atoms with Crippen LogP contribution in [0.2, 0.25) is 0 Å². The van der Waals surface area contributed by atoms with Gasteiger partial charge in [-0.15, -0.1) is 0 Å². The molecule has 0 bridgehead atoms. The van der Waals surface area contributed by atoms with Gasteiger partial charge in [0.25, 0.3) is 0 Å². The summed E-state index contributed by atoms with van der Waals surface area (Å²) in [7, 11) is 2.08. The highest BCUT2D eigenvalue weighted by Gasteiger charge is 2.33. The number of hydrogen-bond donors (Lipinski definition) is 3. The van der Waals surface area contributed by atoms with Crippen LogP contribution in [0.5, 0.6) is 0 Å². The Balaban J connectivity index is 1.72. The number of carbonyl (C=O) groups is 2. The molecule has 6 nitrogen and oxygen atoms in total. The van der Waals surface area contributed by atoms with Gasteiger partial charge in [-0.1, -0.05) is 6.42 Å². The Bertz CT molecular complexity index is 358. The van der Waals surface area contributed by atoms with Gasteiger partial charge in [0, 0.05) is 18.6 Å². The van der Waals surface area contributed by atoms with Gasteiger partial charge in [0.1, 0.15) is 0 Å². The number of likely N-dealkylation sites (N-methyl/N-ethyl adjacent to an activating group) is 1. The van der Waals surface area contributed by atoms with E-state index in [1.165, 1.54) is 12.8 Å². The van der Waals surface area contributed by atoms with Crippen LogP contribution in [0.25, 0.3) is 0 Å². The van der Waals surface area contributed by atoms with Gasteiger partial charge in [0.05, 0.1) is 6.42 Å². The van der Waals surface area contributed by atoms with E-state index in [1.807, 2.05) is 0 Å². The summed E-state index contributed by atoms with van der Waals surface area (Å²) in [5.41, 5.74) is 0. The lowest BCUT2D eigenvalue weighted by Crippen LogP contribution is -2.49. The van der Waals surface area contributed by atoms with E-state index < -0.39 is 5.97 Å². The number of aliphatic carboxylic acids is 1. The lowest BCUT2D eigenvalue weighted by atomic mass is 10.0. The second kappa shape index (κ2) is 6.92. The lowest BCUT2D eigenvalue weighted by Gasteiger charge is -2.32. The molecule has 6 heteroatoms. The number of carboxylic acids is 1. The number of hydrogen-bond acceptors (Lipinski definition) is 3. The summed E-state index contributed by atoms with van der Waals surface area (Å²) in [5, 5.41) is 14.6. The topological polar surface area (TPSA) is 81.7 Å². The van der Waals surface area contributed by atoms with Gasteiger partial charge < -0.3 is 20.6 Å². The molecule has 0 spiro atoms. The van der Waals surface area contributed by atoms with Crippen molar-refractivity contribution < 1.29 is 14.7 Å². The van der Waals surface area contributed by atoms with Crippen LogP contribution in [0, 0.1) is 5.92 Å². The van der Waals surface area contributed by atoms with Crippen molar-refractivity contribution in [1.82, 2.24) is 15.5 Å². The molecular weight excluding hydrogens is 258 g/mol. The molecule has 2 fully saturated rings. The average Bonchev–Trinajstić information content (AvgIpc) is 3.21. The second-order valence-electron chi connectivity index (χ2n) is 6.03. The Morgan fingerprint density at radius 1 is 1.30 bits per heavy atom. The SMILES string of the molecule is CN1CCCCC1CNC(=O)NC(CC(=O)O)C1CC1. The molecule has 0 aromatic carbocycles. The predicted molar refractivity (Wildman–Crippen MR) is 75.6 cm³/mol. The largest absolute Gasteiger partial charge is 0.481 e. The van der Waals surface area contributed by atoms with E-state index >= 15 is 0 Å². The number of piperidine rings is 1. The predicted octanol–water partition coefficient (Wildman–Crippen LogP) is 1.02. The van der Waals surface area contributed by atoms with Gasteiger partial charge >= 0.3 is 12.0 Å². The number of urea groups is 1. The first kappa shape index (κ1) is 15.1. The van der Waals surface area contributed by atoms with Gasteiger partial charge in [-0.2, -0.15) is 0 Å². The molecular formula is C14H25N3O3. The van der Waals surface area contributed by atoms with E-state index in [9.17, 15) is 9.59 Å². The molecule has 2 atom stereocenters. The fourth-order valence-electron chi connectivity index (χ4n) is 2.85. The number of rotatable bonds is 6. The van der Waals surface area contributed by atoms with Gasteiger partial charge in [-0.25, -0.2) is 4.79 Å². The Kier molecular flexibility index (Phi) is 5.23. The number of likely N-dealkylation sites (tertiary alicyclic amines) is 1. The van der Waals surface area contributed by atoms with E-state index in [1.54, 1.807) is 0 Å². The van der Waals surface area contributed by atoms with Crippen molar-refractivity contribution >= 4 is 12.0 Å². The Morgan fingerprint density at radius 3 is 2.65 bits per heavy atom. The molecule has 114 valence electrons. The molecule has 2 amide bonds. The van der Waals surface area contributed by atoms with Crippen molar-refractivity contribution in [3.63, 3.8) is 0 Å². The highest BCUT2D eigenvalue weighted by Crippen LogP contribution is 2.33. The zero-order valence-corrected chi connectivity index (χ0v) is 12.1. The van der Waals surface area contributed by atoms with Crippen molar-refractivity contribution in [1.29, 1.82) is 0 Å². The van der Waals surface area contributed by atoms with Crippen molar-refractivity contribution in [2.24, 2.45) is 5.92 Å². The molecule has 2 aliphatic rings. The summed E-state index contributed by atoms with van der Waals surface area (Å²) in [6.07, 6.45) is 5.59. The average molecular weight is 283 g/mol. The van der Waals surface area contributed by atoms with Crippen LogP contribution in [0.15, 0.2) is 0 Å².